The topological polar surface area (TPSA) is 108 Å². The van der Waals surface area contributed by atoms with Crippen LogP contribution in [-0.2, 0) is 4.74 Å². The van der Waals surface area contributed by atoms with Crippen molar-refractivity contribution in [3.63, 3.8) is 0 Å². The van der Waals surface area contributed by atoms with Gasteiger partial charge in [0, 0.05) is 13.1 Å². The van der Waals surface area contributed by atoms with E-state index in [0.29, 0.717) is 26.1 Å². The molecule has 8 nitrogen and oxygen atoms in total. The van der Waals surface area contributed by atoms with Crippen LogP contribution in [0.15, 0.2) is 12.1 Å². The summed E-state index contributed by atoms with van der Waals surface area (Å²) in [4.78, 5) is 25.3. The second-order valence-electron chi connectivity index (χ2n) is 10.4. The van der Waals surface area contributed by atoms with Crippen molar-refractivity contribution in [1.82, 2.24) is 4.90 Å². The first kappa shape index (κ1) is 23.1. The van der Waals surface area contributed by atoms with E-state index in [-0.39, 0.29) is 38.9 Å². The third-order valence-electron chi connectivity index (χ3n) is 5.95. The number of rotatable bonds is 5. The molecule has 1 N–H and O–H groups in total. The van der Waals surface area contributed by atoms with E-state index >= 15 is 0 Å². The molecule has 1 aromatic carbocycles. The average Bonchev–Trinajstić information content (AvgIpc) is 2.91. The minimum atomic E-state index is -0.542. The summed E-state index contributed by atoms with van der Waals surface area (Å²) in [7, 11) is 0. The zero-order chi connectivity index (χ0) is 23.0. The summed E-state index contributed by atoms with van der Waals surface area (Å²) in [6.45, 7) is 10.0. The number of hydrogen-bond donors (Lipinski definition) is 1. The Kier molecular flexibility index (Phi) is 6.12. The summed E-state index contributed by atoms with van der Waals surface area (Å²) < 4.78 is 5.90. The summed E-state index contributed by atoms with van der Waals surface area (Å²) in [5, 5.41) is 23.8. The van der Waals surface area contributed by atoms with Crippen LogP contribution in [0.25, 0.3) is 0 Å². The predicted octanol–water partition coefficient (Wildman–Crippen LogP) is 5.35. The van der Waals surface area contributed by atoms with Gasteiger partial charge in [-0.1, -0.05) is 39.3 Å². The van der Waals surface area contributed by atoms with Crippen molar-refractivity contribution in [2.45, 2.75) is 59.0 Å². The summed E-state index contributed by atoms with van der Waals surface area (Å²) in [5.41, 5.74) is -0.542. The highest BCUT2D eigenvalue weighted by Gasteiger charge is 2.51. The summed E-state index contributed by atoms with van der Waals surface area (Å²) >= 11 is 6.05. The lowest BCUT2D eigenvalue weighted by Crippen LogP contribution is -2.46. The molecule has 9 heteroatoms. The maximum atomic E-state index is 12.5. The fourth-order valence-corrected chi connectivity index (χ4v) is 5.13. The number of anilines is 1. The van der Waals surface area contributed by atoms with Gasteiger partial charge < -0.3 is 15.0 Å². The highest BCUT2D eigenvalue weighted by atomic mass is 35.5. The highest BCUT2D eigenvalue weighted by Crippen LogP contribution is 2.47. The molecular formula is C22H29ClN4O4. The number of ether oxygens (including phenoxy) is 1. The SMILES string of the molecule is CC(C)(C)CN1C[C@@]2(CCC[C@](C)(CNc3cc(C#N)cc(Cl)c3[N+](=O)[O-])C2)OC1=O. The molecular weight excluding hydrogens is 420 g/mol. The Morgan fingerprint density at radius 3 is 2.71 bits per heavy atom. The van der Waals surface area contributed by atoms with Gasteiger partial charge in [-0.25, -0.2) is 4.79 Å². The first-order chi connectivity index (χ1) is 14.4. The molecule has 0 aromatic heterocycles. The van der Waals surface area contributed by atoms with Gasteiger partial charge in [-0.05, 0) is 48.6 Å². The Hall–Kier alpha value is -2.53. The van der Waals surface area contributed by atoms with Crippen molar-refractivity contribution in [1.29, 1.82) is 5.26 Å². The number of nitrogens with one attached hydrogen (secondary N) is 1. The van der Waals surface area contributed by atoms with Crippen LogP contribution in [0.4, 0.5) is 16.2 Å². The third kappa shape index (κ3) is 5.21. The van der Waals surface area contributed by atoms with Gasteiger partial charge in [0.05, 0.1) is 23.1 Å². The number of amides is 1. The molecule has 3 rings (SSSR count). The number of benzene rings is 1. The van der Waals surface area contributed by atoms with Gasteiger partial charge in [-0.3, -0.25) is 10.1 Å². The second-order valence-corrected chi connectivity index (χ2v) is 10.8. The van der Waals surface area contributed by atoms with E-state index in [2.05, 4.69) is 33.0 Å². The van der Waals surface area contributed by atoms with Crippen molar-refractivity contribution in [2.24, 2.45) is 10.8 Å². The molecule has 1 spiro atoms. The molecule has 1 aliphatic heterocycles. The molecule has 2 aliphatic rings. The molecule has 1 heterocycles. The molecule has 168 valence electrons. The Balaban J connectivity index is 1.76. The number of nitro groups is 1. The highest BCUT2D eigenvalue weighted by molar-refractivity contribution is 6.33. The molecule has 1 aliphatic carbocycles. The first-order valence-corrected chi connectivity index (χ1v) is 10.8. The van der Waals surface area contributed by atoms with Gasteiger partial charge in [0.2, 0.25) is 0 Å². The summed E-state index contributed by atoms with van der Waals surface area (Å²) in [6.07, 6.45) is 3.01. The molecule has 0 unspecified atom stereocenters. The van der Waals surface area contributed by atoms with Crippen molar-refractivity contribution in [3.05, 3.63) is 32.8 Å². The molecule has 2 fully saturated rings. The predicted molar refractivity (Wildman–Crippen MR) is 118 cm³/mol. The van der Waals surface area contributed by atoms with Gasteiger partial charge in [0.25, 0.3) is 0 Å². The Bertz CT molecular complexity index is 939. The number of nitriles is 1. The minimum absolute atomic E-state index is 0.0198. The molecule has 31 heavy (non-hydrogen) atoms. The van der Waals surface area contributed by atoms with E-state index in [1.165, 1.54) is 12.1 Å². The zero-order valence-corrected chi connectivity index (χ0v) is 19.2. The fourth-order valence-electron chi connectivity index (χ4n) is 4.84. The minimum Gasteiger partial charge on any atom is -0.441 e. The van der Waals surface area contributed by atoms with E-state index < -0.39 is 10.5 Å². The van der Waals surface area contributed by atoms with Crippen LogP contribution in [0.3, 0.4) is 0 Å². The standard InChI is InChI=1S/C22H29ClN4O4/c1-20(2,3)13-26-14-22(31-19(26)28)7-5-6-21(4,11-22)12-25-17-9-15(10-24)8-16(23)18(17)27(29)30/h8-9,25H,5-7,11-14H2,1-4H3/t21-,22-/m0/s1. The summed E-state index contributed by atoms with van der Waals surface area (Å²) in [6, 6.07) is 4.73. The quantitative estimate of drug-likeness (QED) is 0.480. The van der Waals surface area contributed by atoms with E-state index in [9.17, 15) is 20.2 Å². The normalized spacial score (nSPS) is 25.9. The molecule has 2 atom stereocenters. The lowest BCUT2D eigenvalue weighted by atomic mass is 9.68. The van der Waals surface area contributed by atoms with Gasteiger partial charge in [-0.2, -0.15) is 5.26 Å². The van der Waals surface area contributed by atoms with Gasteiger partial charge >= 0.3 is 11.8 Å². The van der Waals surface area contributed by atoms with E-state index in [0.717, 1.165) is 19.3 Å². The third-order valence-corrected chi connectivity index (χ3v) is 6.24. The molecule has 1 saturated heterocycles. The number of nitro benzene ring substituents is 1. The molecule has 1 saturated carbocycles. The van der Waals surface area contributed by atoms with Crippen LogP contribution >= 0.6 is 11.6 Å². The molecule has 0 radical (unpaired) electrons. The van der Waals surface area contributed by atoms with Crippen molar-refractivity contribution < 1.29 is 14.5 Å². The number of nitrogens with zero attached hydrogens (tertiary/aromatic N) is 3. The van der Waals surface area contributed by atoms with Crippen LogP contribution in [-0.4, -0.2) is 41.2 Å². The molecule has 1 aromatic rings. The fraction of sp³-hybridized carbons (Fsp3) is 0.636. The molecule has 0 bridgehead atoms. The Morgan fingerprint density at radius 2 is 2.10 bits per heavy atom. The number of hydrogen-bond acceptors (Lipinski definition) is 6. The Morgan fingerprint density at radius 1 is 1.39 bits per heavy atom. The monoisotopic (exact) mass is 448 g/mol. The lowest BCUT2D eigenvalue weighted by Gasteiger charge is -2.43. The van der Waals surface area contributed by atoms with Crippen molar-refractivity contribution in [3.8, 4) is 6.07 Å². The van der Waals surface area contributed by atoms with Crippen molar-refractivity contribution >= 4 is 29.1 Å². The average molecular weight is 449 g/mol. The van der Waals surface area contributed by atoms with Crippen LogP contribution in [0.5, 0.6) is 0 Å². The van der Waals surface area contributed by atoms with E-state index in [1.54, 1.807) is 4.90 Å². The maximum Gasteiger partial charge on any atom is 0.410 e. The van der Waals surface area contributed by atoms with E-state index in [1.807, 2.05) is 6.07 Å². The van der Waals surface area contributed by atoms with Gasteiger partial charge in [0.1, 0.15) is 16.3 Å². The van der Waals surface area contributed by atoms with Crippen LogP contribution in [0, 0.1) is 32.3 Å². The van der Waals surface area contributed by atoms with Gasteiger partial charge in [0.15, 0.2) is 0 Å². The smallest absolute Gasteiger partial charge is 0.410 e. The Labute approximate surface area is 187 Å². The van der Waals surface area contributed by atoms with Crippen LogP contribution < -0.4 is 5.32 Å². The largest absolute Gasteiger partial charge is 0.441 e. The molecule has 1 amide bonds. The number of halogens is 1. The maximum absolute atomic E-state index is 12.5. The number of carbonyl (C=O) groups excluding carboxylic acids is 1. The number of carbonyl (C=O) groups is 1. The zero-order valence-electron chi connectivity index (χ0n) is 18.5. The van der Waals surface area contributed by atoms with Crippen LogP contribution in [0.2, 0.25) is 5.02 Å². The van der Waals surface area contributed by atoms with Crippen LogP contribution in [0.1, 0.15) is 58.9 Å². The van der Waals surface area contributed by atoms with Crippen molar-refractivity contribution in [2.75, 3.05) is 25.0 Å². The van der Waals surface area contributed by atoms with Gasteiger partial charge in [-0.15, -0.1) is 0 Å². The first-order valence-electron chi connectivity index (χ1n) is 10.5. The summed E-state index contributed by atoms with van der Waals surface area (Å²) in [5.74, 6) is 0. The van der Waals surface area contributed by atoms with E-state index in [4.69, 9.17) is 16.3 Å². The lowest BCUT2D eigenvalue weighted by molar-refractivity contribution is -0.383. The second kappa shape index (κ2) is 8.19.